The van der Waals surface area contributed by atoms with Crippen molar-refractivity contribution < 1.29 is 19.0 Å². The van der Waals surface area contributed by atoms with E-state index in [-0.39, 0.29) is 12.7 Å². The van der Waals surface area contributed by atoms with Crippen molar-refractivity contribution >= 4 is 11.6 Å². The van der Waals surface area contributed by atoms with Crippen molar-refractivity contribution in [2.75, 3.05) is 19.2 Å². The van der Waals surface area contributed by atoms with Crippen LogP contribution in [0.2, 0.25) is 0 Å². The highest BCUT2D eigenvalue weighted by atomic mass is 16.7. The molecule has 2 aromatic rings. The molecule has 0 aliphatic carbocycles. The number of ether oxygens (including phenoxy) is 3. The van der Waals surface area contributed by atoms with Gasteiger partial charge in [0.05, 0.1) is 19.0 Å². The average Bonchev–Trinajstić information content (AvgIpc) is 3.01. The summed E-state index contributed by atoms with van der Waals surface area (Å²) in [4.78, 5) is 16.0. The lowest BCUT2D eigenvalue weighted by Crippen LogP contribution is -2.12. The molecular formula is C16H16N2O4. The third-order valence-electron chi connectivity index (χ3n) is 3.31. The molecule has 114 valence electrons. The molecule has 0 saturated carbocycles. The number of aromatic nitrogens is 1. The van der Waals surface area contributed by atoms with E-state index in [0.717, 1.165) is 17.1 Å². The summed E-state index contributed by atoms with van der Waals surface area (Å²) in [6.07, 6.45) is 2.58. The molecule has 1 aromatic carbocycles. The van der Waals surface area contributed by atoms with E-state index in [1.807, 2.05) is 18.2 Å². The van der Waals surface area contributed by atoms with E-state index in [9.17, 15) is 4.79 Å². The third kappa shape index (κ3) is 3.28. The summed E-state index contributed by atoms with van der Waals surface area (Å²) in [5.41, 5.74) is 1.68. The molecule has 0 atom stereocenters. The van der Waals surface area contributed by atoms with Gasteiger partial charge in [-0.3, -0.25) is 4.79 Å². The molecule has 1 aliphatic rings. The van der Waals surface area contributed by atoms with Gasteiger partial charge in [0, 0.05) is 12.5 Å². The SMILES string of the molecule is COc1ccc(NC(=O)CCc2ccc3c(c2)OCO3)cn1. The highest BCUT2D eigenvalue weighted by Crippen LogP contribution is 2.32. The predicted octanol–water partition coefficient (Wildman–Crippen LogP) is 2.39. The van der Waals surface area contributed by atoms with Gasteiger partial charge in [0.25, 0.3) is 0 Å². The van der Waals surface area contributed by atoms with E-state index in [2.05, 4.69) is 10.3 Å². The van der Waals surface area contributed by atoms with Gasteiger partial charge in [0.15, 0.2) is 11.5 Å². The molecule has 3 rings (SSSR count). The van der Waals surface area contributed by atoms with Crippen LogP contribution in [-0.4, -0.2) is 24.8 Å². The minimum atomic E-state index is -0.0652. The van der Waals surface area contributed by atoms with Crippen molar-refractivity contribution in [1.82, 2.24) is 4.98 Å². The summed E-state index contributed by atoms with van der Waals surface area (Å²) in [7, 11) is 1.55. The van der Waals surface area contributed by atoms with E-state index in [1.165, 1.54) is 0 Å². The number of aryl methyl sites for hydroxylation is 1. The first kappa shape index (κ1) is 14.2. The summed E-state index contributed by atoms with van der Waals surface area (Å²) >= 11 is 0. The number of carbonyl (C=O) groups excluding carboxylic acids is 1. The molecule has 0 radical (unpaired) electrons. The Bertz CT molecular complexity index is 670. The Kier molecular flexibility index (Phi) is 4.09. The quantitative estimate of drug-likeness (QED) is 0.918. The lowest BCUT2D eigenvalue weighted by Gasteiger charge is -2.06. The Labute approximate surface area is 128 Å². The molecule has 1 N–H and O–H groups in total. The summed E-state index contributed by atoms with van der Waals surface area (Å²) in [5.74, 6) is 1.93. The number of hydrogen-bond donors (Lipinski definition) is 1. The Morgan fingerprint density at radius 2 is 2.14 bits per heavy atom. The van der Waals surface area contributed by atoms with Crippen LogP contribution >= 0.6 is 0 Å². The van der Waals surface area contributed by atoms with E-state index in [4.69, 9.17) is 14.2 Å². The molecule has 0 bridgehead atoms. The minimum absolute atomic E-state index is 0.0652. The maximum atomic E-state index is 11.9. The topological polar surface area (TPSA) is 69.7 Å². The van der Waals surface area contributed by atoms with Crippen LogP contribution in [0.4, 0.5) is 5.69 Å². The summed E-state index contributed by atoms with van der Waals surface area (Å²) in [6, 6.07) is 9.17. The number of anilines is 1. The maximum Gasteiger partial charge on any atom is 0.231 e. The predicted molar refractivity (Wildman–Crippen MR) is 80.3 cm³/mol. The molecule has 0 fully saturated rings. The second-order valence-corrected chi connectivity index (χ2v) is 4.83. The Morgan fingerprint density at radius 3 is 2.91 bits per heavy atom. The number of carbonyl (C=O) groups is 1. The van der Waals surface area contributed by atoms with E-state index in [0.29, 0.717) is 24.4 Å². The summed E-state index contributed by atoms with van der Waals surface area (Å²) < 4.78 is 15.5. The van der Waals surface area contributed by atoms with E-state index in [1.54, 1.807) is 25.4 Å². The van der Waals surface area contributed by atoms with Gasteiger partial charge in [-0.05, 0) is 30.2 Å². The summed E-state index contributed by atoms with van der Waals surface area (Å²) in [5, 5.41) is 2.80. The standard InChI is InChI=1S/C16H16N2O4/c1-20-16-7-4-12(9-17-16)18-15(19)6-3-11-2-5-13-14(8-11)22-10-21-13/h2,4-5,7-9H,3,6,10H2,1H3,(H,18,19). The lowest BCUT2D eigenvalue weighted by atomic mass is 10.1. The molecule has 0 unspecified atom stereocenters. The number of amides is 1. The molecule has 0 saturated heterocycles. The van der Waals surface area contributed by atoms with E-state index < -0.39 is 0 Å². The highest BCUT2D eigenvalue weighted by Gasteiger charge is 2.13. The second kappa shape index (κ2) is 6.34. The first-order chi connectivity index (χ1) is 10.7. The van der Waals surface area contributed by atoms with Crippen LogP contribution in [0, 0.1) is 0 Å². The molecule has 6 nitrogen and oxygen atoms in total. The molecule has 2 heterocycles. The Hall–Kier alpha value is -2.76. The number of nitrogens with zero attached hydrogens (tertiary/aromatic N) is 1. The van der Waals surface area contributed by atoms with Crippen LogP contribution in [0.5, 0.6) is 17.4 Å². The van der Waals surface area contributed by atoms with Gasteiger partial charge in [-0.1, -0.05) is 6.07 Å². The monoisotopic (exact) mass is 300 g/mol. The zero-order valence-electron chi connectivity index (χ0n) is 12.2. The van der Waals surface area contributed by atoms with Crippen LogP contribution in [0.3, 0.4) is 0 Å². The number of benzene rings is 1. The van der Waals surface area contributed by atoms with Crippen molar-refractivity contribution in [2.45, 2.75) is 12.8 Å². The van der Waals surface area contributed by atoms with Gasteiger partial charge in [0.2, 0.25) is 18.6 Å². The number of rotatable bonds is 5. The molecule has 6 heteroatoms. The first-order valence-corrected chi connectivity index (χ1v) is 6.93. The van der Waals surface area contributed by atoms with Crippen molar-refractivity contribution in [3.05, 3.63) is 42.1 Å². The number of methoxy groups -OCH3 is 1. The zero-order valence-corrected chi connectivity index (χ0v) is 12.2. The zero-order chi connectivity index (χ0) is 15.4. The fourth-order valence-electron chi connectivity index (χ4n) is 2.15. The third-order valence-corrected chi connectivity index (χ3v) is 3.31. The molecule has 1 aromatic heterocycles. The molecule has 1 aliphatic heterocycles. The average molecular weight is 300 g/mol. The van der Waals surface area contributed by atoms with Gasteiger partial charge >= 0.3 is 0 Å². The van der Waals surface area contributed by atoms with Gasteiger partial charge in [-0.2, -0.15) is 0 Å². The van der Waals surface area contributed by atoms with Crippen LogP contribution in [0.1, 0.15) is 12.0 Å². The fourth-order valence-corrected chi connectivity index (χ4v) is 2.15. The van der Waals surface area contributed by atoms with Crippen molar-refractivity contribution in [1.29, 1.82) is 0 Å². The second-order valence-electron chi connectivity index (χ2n) is 4.83. The Morgan fingerprint density at radius 1 is 1.27 bits per heavy atom. The van der Waals surface area contributed by atoms with Gasteiger partial charge < -0.3 is 19.5 Å². The smallest absolute Gasteiger partial charge is 0.231 e. The number of hydrogen-bond acceptors (Lipinski definition) is 5. The van der Waals surface area contributed by atoms with Gasteiger partial charge in [0.1, 0.15) is 0 Å². The maximum absolute atomic E-state index is 11.9. The van der Waals surface area contributed by atoms with Crippen LogP contribution in [-0.2, 0) is 11.2 Å². The molecular weight excluding hydrogens is 284 g/mol. The summed E-state index contributed by atoms with van der Waals surface area (Å²) in [6.45, 7) is 0.254. The van der Waals surface area contributed by atoms with Crippen molar-refractivity contribution in [2.24, 2.45) is 0 Å². The fraction of sp³-hybridized carbons (Fsp3) is 0.250. The number of fused-ring (bicyclic) bond motifs is 1. The van der Waals surface area contributed by atoms with Crippen LogP contribution in [0.25, 0.3) is 0 Å². The van der Waals surface area contributed by atoms with Crippen molar-refractivity contribution in [3.8, 4) is 17.4 Å². The van der Waals surface area contributed by atoms with Crippen LogP contribution < -0.4 is 19.5 Å². The largest absolute Gasteiger partial charge is 0.481 e. The minimum Gasteiger partial charge on any atom is -0.481 e. The van der Waals surface area contributed by atoms with Crippen LogP contribution in [0.15, 0.2) is 36.5 Å². The van der Waals surface area contributed by atoms with E-state index >= 15 is 0 Å². The highest BCUT2D eigenvalue weighted by molar-refractivity contribution is 5.90. The lowest BCUT2D eigenvalue weighted by molar-refractivity contribution is -0.116. The molecule has 0 spiro atoms. The molecule has 1 amide bonds. The molecule has 22 heavy (non-hydrogen) atoms. The normalized spacial score (nSPS) is 12.0. The van der Waals surface area contributed by atoms with Gasteiger partial charge in [-0.25, -0.2) is 4.98 Å². The number of nitrogens with one attached hydrogen (secondary N) is 1. The first-order valence-electron chi connectivity index (χ1n) is 6.93. The van der Waals surface area contributed by atoms with Gasteiger partial charge in [-0.15, -0.1) is 0 Å². The Balaban J connectivity index is 1.53. The van der Waals surface area contributed by atoms with Crippen molar-refractivity contribution in [3.63, 3.8) is 0 Å². The number of pyridine rings is 1.